The number of carbonyl (C=O) groups excluding carboxylic acids is 2. The lowest BCUT2D eigenvalue weighted by molar-refractivity contribution is -0.162. The van der Waals surface area contributed by atoms with Crippen LogP contribution in [-0.4, -0.2) is 79.0 Å². The van der Waals surface area contributed by atoms with Crippen LogP contribution in [0.3, 0.4) is 0 Å². The Kier molecular flexibility index (Phi) is 13.4. The number of esters is 2. The number of rotatable bonds is 15. The minimum absolute atomic E-state index is 0.0611. The van der Waals surface area contributed by atoms with Gasteiger partial charge >= 0.3 is 11.9 Å². The van der Waals surface area contributed by atoms with E-state index >= 15 is 0 Å². The number of hydrogen-bond acceptors (Lipinski definition) is 8. The number of methoxy groups -OCH3 is 2. The molecule has 0 saturated carbocycles. The van der Waals surface area contributed by atoms with Gasteiger partial charge in [0.25, 0.3) is 0 Å². The van der Waals surface area contributed by atoms with E-state index in [1.165, 1.54) is 0 Å². The van der Waals surface area contributed by atoms with Crippen molar-refractivity contribution < 1.29 is 38.0 Å². The molecular weight excluding hydrogens is 320 g/mol. The van der Waals surface area contributed by atoms with Gasteiger partial charge in [0.15, 0.2) is 0 Å². The predicted octanol–water partition coefficient (Wildman–Crippen LogP) is 0.815. The highest BCUT2D eigenvalue weighted by Crippen LogP contribution is 2.22. The van der Waals surface area contributed by atoms with Crippen LogP contribution < -0.4 is 0 Å². The van der Waals surface area contributed by atoms with E-state index in [-0.39, 0.29) is 26.2 Å². The number of hydrogen-bond donors (Lipinski definition) is 0. The number of carbonyl (C=O) groups is 2. The van der Waals surface area contributed by atoms with Crippen LogP contribution in [0.2, 0.25) is 0 Å². The summed E-state index contributed by atoms with van der Waals surface area (Å²) in [6.45, 7) is 5.98. The van der Waals surface area contributed by atoms with Crippen molar-refractivity contribution in [3.05, 3.63) is 0 Å². The average Bonchev–Trinajstić information content (AvgIpc) is 2.53. The first kappa shape index (κ1) is 22.8. The van der Waals surface area contributed by atoms with Gasteiger partial charge in [-0.3, -0.25) is 9.59 Å². The molecular formula is C16H30O8. The Hall–Kier alpha value is -1.22. The fraction of sp³-hybridized carbons (Fsp3) is 0.875. The third-order valence-corrected chi connectivity index (χ3v) is 2.95. The molecule has 0 aromatic rings. The summed E-state index contributed by atoms with van der Waals surface area (Å²) in [6, 6.07) is 0. The second-order valence-electron chi connectivity index (χ2n) is 5.63. The summed E-state index contributed by atoms with van der Waals surface area (Å²) in [5.74, 6) is -0.935. The van der Waals surface area contributed by atoms with Crippen molar-refractivity contribution in [2.45, 2.75) is 20.3 Å². The van der Waals surface area contributed by atoms with Crippen molar-refractivity contribution in [1.82, 2.24) is 0 Å². The normalized spacial score (nSPS) is 11.3. The van der Waals surface area contributed by atoms with E-state index in [4.69, 9.17) is 28.4 Å². The fourth-order valence-electron chi connectivity index (χ4n) is 1.58. The molecule has 0 radical (unpaired) electrons. The maximum absolute atomic E-state index is 12.0. The smallest absolute Gasteiger partial charge is 0.312 e. The Bertz CT molecular complexity index is 343. The van der Waals surface area contributed by atoms with Crippen LogP contribution in [0.1, 0.15) is 20.3 Å². The second-order valence-corrected chi connectivity index (χ2v) is 5.63. The van der Waals surface area contributed by atoms with Crippen LogP contribution in [-0.2, 0) is 38.0 Å². The highest BCUT2D eigenvalue weighted by Gasteiger charge is 2.32. The molecule has 8 heteroatoms. The van der Waals surface area contributed by atoms with Gasteiger partial charge in [-0.1, -0.05) is 0 Å². The molecule has 0 aromatic carbocycles. The van der Waals surface area contributed by atoms with E-state index in [0.29, 0.717) is 33.0 Å². The maximum Gasteiger partial charge on any atom is 0.312 e. The van der Waals surface area contributed by atoms with Crippen molar-refractivity contribution in [3.8, 4) is 0 Å². The van der Waals surface area contributed by atoms with Crippen molar-refractivity contribution in [1.29, 1.82) is 0 Å². The highest BCUT2D eigenvalue weighted by molar-refractivity contribution is 5.82. The molecule has 0 aliphatic heterocycles. The Balaban J connectivity index is 3.83. The molecule has 24 heavy (non-hydrogen) atoms. The van der Waals surface area contributed by atoms with Gasteiger partial charge < -0.3 is 28.4 Å². The minimum atomic E-state index is -0.958. The first-order valence-corrected chi connectivity index (χ1v) is 7.90. The van der Waals surface area contributed by atoms with Crippen molar-refractivity contribution in [2.75, 3.05) is 67.1 Å². The molecule has 0 N–H and O–H groups in total. The van der Waals surface area contributed by atoms with Gasteiger partial charge in [-0.05, 0) is 13.8 Å². The summed E-state index contributed by atoms with van der Waals surface area (Å²) < 4.78 is 30.2. The van der Waals surface area contributed by atoms with Crippen molar-refractivity contribution in [3.63, 3.8) is 0 Å². The Labute approximate surface area is 143 Å². The van der Waals surface area contributed by atoms with Crippen LogP contribution in [0.15, 0.2) is 0 Å². The molecule has 0 bridgehead atoms. The molecule has 0 rings (SSSR count). The van der Waals surface area contributed by atoms with Gasteiger partial charge in [0.05, 0.1) is 51.5 Å². The van der Waals surface area contributed by atoms with Gasteiger partial charge in [-0.25, -0.2) is 0 Å². The second kappa shape index (κ2) is 14.2. The molecule has 0 amide bonds. The molecule has 0 aliphatic rings. The Morgan fingerprint density at radius 1 is 0.708 bits per heavy atom. The van der Waals surface area contributed by atoms with E-state index in [1.54, 1.807) is 28.1 Å². The first-order valence-electron chi connectivity index (χ1n) is 7.90. The molecule has 0 heterocycles. The first-order chi connectivity index (χ1) is 11.4. The number of ether oxygens (including phenoxy) is 6. The zero-order chi connectivity index (χ0) is 18.3. The lowest BCUT2D eigenvalue weighted by atomic mass is 9.89. The minimum Gasteiger partial charge on any atom is -0.463 e. The monoisotopic (exact) mass is 350 g/mol. The molecule has 0 saturated heterocycles. The fourth-order valence-corrected chi connectivity index (χ4v) is 1.58. The summed E-state index contributed by atoms with van der Waals surface area (Å²) in [4.78, 5) is 23.7. The van der Waals surface area contributed by atoms with Gasteiger partial charge in [-0.15, -0.1) is 0 Å². The molecule has 0 unspecified atom stereocenters. The van der Waals surface area contributed by atoms with Gasteiger partial charge in [0, 0.05) is 14.2 Å². The maximum atomic E-state index is 12.0. The Morgan fingerprint density at radius 3 is 1.67 bits per heavy atom. The third-order valence-electron chi connectivity index (χ3n) is 2.95. The van der Waals surface area contributed by atoms with E-state index in [9.17, 15) is 9.59 Å². The topological polar surface area (TPSA) is 89.5 Å². The standard InChI is InChI=1S/C16H30O8/c1-16(2,15(18)24-12-10-22-8-6-20-4)13-14(17)23-11-9-21-7-5-19-3/h5-13H2,1-4H3. The van der Waals surface area contributed by atoms with E-state index in [0.717, 1.165) is 0 Å². The van der Waals surface area contributed by atoms with Crippen LogP contribution in [0, 0.1) is 5.41 Å². The molecule has 8 nitrogen and oxygen atoms in total. The van der Waals surface area contributed by atoms with Crippen molar-refractivity contribution >= 4 is 11.9 Å². The summed E-state index contributed by atoms with van der Waals surface area (Å²) in [6.07, 6.45) is -0.0611. The quantitative estimate of drug-likeness (QED) is 0.317. The lowest BCUT2D eigenvalue weighted by Crippen LogP contribution is -2.31. The van der Waals surface area contributed by atoms with E-state index in [2.05, 4.69) is 0 Å². The predicted molar refractivity (Wildman–Crippen MR) is 85.7 cm³/mol. The molecule has 0 atom stereocenters. The SMILES string of the molecule is COCCOCCOC(=O)CC(C)(C)C(=O)OCCOCCOC. The average molecular weight is 350 g/mol. The summed E-state index contributed by atoms with van der Waals surface area (Å²) >= 11 is 0. The molecule has 0 fully saturated rings. The zero-order valence-corrected chi connectivity index (χ0v) is 15.1. The third kappa shape index (κ3) is 12.2. The molecule has 0 aliphatic carbocycles. The van der Waals surface area contributed by atoms with Gasteiger partial charge in [0.2, 0.25) is 0 Å². The van der Waals surface area contributed by atoms with E-state index in [1.807, 2.05) is 0 Å². The summed E-state index contributed by atoms with van der Waals surface area (Å²) in [7, 11) is 3.16. The van der Waals surface area contributed by atoms with Crippen LogP contribution in [0.4, 0.5) is 0 Å². The largest absolute Gasteiger partial charge is 0.463 e. The Morgan fingerprint density at radius 2 is 1.17 bits per heavy atom. The van der Waals surface area contributed by atoms with E-state index < -0.39 is 17.4 Å². The summed E-state index contributed by atoms with van der Waals surface area (Å²) in [5.41, 5.74) is -0.958. The molecule has 142 valence electrons. The highest BCUT2D eigenvalue weighted by atomic mass is 16.6. The molecule has 0 aromatic heterocycles. The lowest BCUT2D eigenvalue weighted by Gasteiger charge is -2.21. The van der Waals surface area contributed by atoms with Gasteiger partial charge in [0.1, 0.15) is 13.2 Å². The summed E-state index contributed by atoms with van der Waals surface area (Å²) in [5, 5.41) is 0. The van der Waals surface area contributed by atoms with Gasteiger partial charge in [-0.2, -0.15) is 0 Å². The van der Waals surface area contributed by atoms with Crippen LogP contribution >= 0.6 is 0 Å². The zero-order valence-electron chi connectivity index (χ0n) is 15.1. The van der Waals surface area contributed by atoms with Crippen molar-refractivity contribution in [2.24, 2.45) is 5.41 Å². The van der Waals surface area contributed by atoms with Crippen LogP contribution in [0.25, 0.3) is 0 Å². The van der Waals surface area contributed by atoms with Crippen LogP contribution in [0.5, 0.6) is 0 Å². The molecule has 0 spiro atoms.